The number of rotatable bonds is 2. The maximum absolute atomic E-state index is 12.6. The van der Waals surface area contributed by atoms with E-state index in [1.54, 1.807) is 18.0 Å². The molecule has 0 unspecified atom stereocenters. The summed E-state index contributed by atoms with van der Waals surface area (Å²) >= 11 is 0. The first-order valence-electron chi connectivity index (χ1n) is 7.32. The van der Waals surface area contributed by atoms with Gasteiger partial charge in [-0.1, -0.05) is 12.1 Å². The molecule has 2 amide bonds. The summed E-state index contributed by atoms with van der Waals surface area (Å²) in [6, 6.07) is 7.58. The molecule has 0 spiro atoms. The highest BCUT2D eigenvalue weighted by molar-refractivity contribution is 6.06. The molecule has 2 heterocycles. The highest BCUT2D eigenvalue weighted by Crippen LogP contribution is 2.24. The third kappa shape index (κ3) is 2.43. The fourth-order valence-electron chi connectivity index (χ4n) is 2.94. The Morgan fingerprint density at radius 2 is 2.00 bits per heavy atom. The number of nitrogens with one attached hydrogen (secondary N) is 1. The zero-order valence-electron chi connectivity index (χ0n) is 13.0. The zero-order chi connectivity index (χ0) is 15.9. The molecule has 1 aliphatic heterocycles. The smallest absolute Gasteiger partial charge is 0.254 e. The maximum atomic E-state index is 12.6. The molecule has 1 aliphatic rings. The SMILES string of the molecule is CC(=O)N1CC(C)(NC(=O)c2ccc(C)c3cccnc23)C1. The average molecular weight is 297 g/mol. The number of fused-ring (bicyclic) bond motifs is 1. The molecule has 1 fully saturated rings. The molecule has 0 aliphatic carbocycles. The topological polar surface area (TPSA) is 62.3 Å². The second-order valence-electron chi connectivity index (χ2n) is 6.22. The molecule has 1 N–H and O–H groups in total. The number of nitrogens with zero attached hydrogens (tertiary/aromatic N) is 2. The van der Waals surface area contributed by atoms with Crippen LogP contribution in [0.25, 0.3) is 10.9 Å². The molecular formula is C17H19N3O2. The molecule has 5 nitrogen and oxygen atoms in total. The molecule has 0 atom stereocenters. The zero-order valence-corrected chi connectivity index (χ0v) is 13.0. The lowest BCUT2D eigenvalue weighted by atomic mass is 9.91. The first-order chi connectivity index (χ1) is 10.4. The van der Waals surface area contributed by atoms with Gasteiger partial charge in [0, 0.05) is 31.6 Å². The van der Waals surface area contributed by atoms with E-state index in [1.807, 2.05) is 38.1 Å². The number of benzene rings is 1. The quantitative estimate of drug-likeness (QED) is 0.921. The van der Waals surface area contributed by atoms with Crippen LogP contribution in [0.15, 0.2) is 30.5 Å². The standard InChI is InChI=1S/C17H19N3O2/c1-11-6-7-14(15-13(11)5-4-8-18-15)16(22)19-17(3)9-20(10-17)12(2)21/h4-8H,9-10H2,1-3H3,(H,19,22). The number of hydrogen-bond donors (Lipinski definition) is 1. The molecule has 0 radical (unpaired) electrons. The molecule has 0 bridgehead atoms. The van der Waals surface area contributed by atoms with Gasteiger partial charge < -0.3 is 10.2 Å². The van der Waals surface area contributed by atoms with Gasteiger partial charge in [0.25, 0.3) is 5.91 Å². The van der Waals surface area contributed by atoms with Gasteiger partial charge in [0.2, 0.25) is 5.91 Å². The Labute approximate surface area is 129 Å². The molecule has 1 aromatic heterocycles. The van der Waals surface area contributed by atoms with E-state index in [9.17, 15) is 9.59 Å². The number of carbonyl (C=O) groups is 2. The van der Waals surface area contributed by atoms with Crippen molar-refractivity contribution in [1.29, 1.82) is 0 Å². The number of carbonyl (C=O) groups excluding carboxylic acids is 2. The Morgan fingerprint density at radius 3 is 2.68 bits per heavy atom. The molecule has 2 aromatic rings. The minimum absolute atomic E-state index is 0.0363. The van der Waals surface area contributed by atoms with Gasteiger partial charge in [-0.15, -0.1) is 0 Å². The number of aromatic nitrogens is 1. The van der Waals surface area contributed by atoms with Crippen molar-refractivity contribution in [2.24, 2.45) is 0 Å². The van der Waals surface area contributed by atoms with E-state index in [0.717, 1.165) is 10.9 Å². The van der Waals surface area contributed by atoms with Crippen molar-refractivity contribution in [3.63, 3.8) is 0 Å². The molecule has 114 valence electrons. The Balaban J connectivity index is 1.85. The molecule has 0 saturated carbocycles. The van der Waals surface area contributed by atoms with Crippen LogP contribution in [0.3, 0.4) is 0 Å². The van der Waals surface area contributed by atoms with Crippen LogP contribution in [0.1, 0.15) is 29.8 Å². The minimum atomic E-state index is -0.366. The first kappa shape index (κ1) is 14.5. The number of likely N-dealkylation sites (tertiary alicyclic amines) is 1. The Morgan fingerprint density at radius 1 is 1.27 bits per heavy atom. The maximum Gasteiger partial charge on any atom is 0.254 e. The van der Waals surface area contributed by atoms with Crippen molar-refractivity contribution in [3.8, 4) is 0 Å². The summed E-state index contributed by atoms with van der Waals surface area (Å²) in [6.07, 6.45) is 1.70. The molecular weight excluding hydrogens is 278 g/mol. The lowest BCUT2D eigenvalue weighted by Crippen LogP contribution is -2.69. The minimum Gasteiger partial charge on any atom is -0.343 e. The third-order valence-electron chi connectivity index (χ3n) is 4.17. The number of amides is 2. The van der Waals surface area contributed by atoms with Crippen LogP contribution in [-0.4, -0.2) is 40.3 Å². The summed E-state index contributed by atoms with van der Waals surface area (Å²) in [5.41, 5.74) is 2.02. The Bertz CT molecular complexity index is 764. The van der Waals surface area contributed by atoms with Crippen LogP contribution in [0, 0.1) is 6.92 Å². The van der Waals surface area contributed by atoms with Crippen molar-refractivity contribution >= 4 is 22.7 Å². The summed E-state index contributed by atoms with van der Waals surface area (Å²) < 4.78 is 0. The predicted molar refractivity (Wildman–Crippen MR) is 84.6 cm³/mol. The average Bonchev–Trinajstić information content (AvgIpc) is 2.45. The summed E-state index contributed by atoms with van der Waals surface area (Å²) in [4.78, 5) is 30.0. The lowest BCUT2D eigenvalue weighted by molar-refractivity contribution is -0.136. The molecule has 22 heavy (non-hydrogen) atoms. The molecule has 1 saturated heterocycles. The van der Waals surface area contributed by atoms with Crippen LogP contribution in [0.2, 0.25) is 0 Å². The third-order valence-corrected chi connectivity index (χ3v) is 4.17. The van der Waals surface area contributed by atoms with Gasteiger partial charge in [-0.05, 0) is 31.5 Å². The van der Waals surface area contributed by atoms with Gasteiger partial charge >= 0.3 is 0 Å². The van der Waals surface area contributed by atoms with E-state index in [4.69, 9.17) is 0 Å². The van der Waals surface area contributed by atoms with Crippen molar-refractivity contribution in [2.75, 3.05) is 13.1 Å². The largest absolute Gasteiger partial charge is 0.343 e. The second kappa shape index (κ2) is 5.09. The molecule has 3 rings (SSSR count). The Hall–Kier alpha value is -2.43. The van der Waals surface area contributed by atoms with E-state index >= 15 is 0 Å². The van der Waals surface area contributed by atoms with Crippen molar-refractivity contribution in [3.05, 3.63) is 41.6 Å². The van der Waals surface area contributed by atoms with Crippen molar-refractivity contribution in [2.45, 2.75) is 26.3 Å². The second-order valence-corrected chi connectivity index (χ2v) is 6.22. The van der Waals surface area contributed by atoms with Gasteiger partial charge in [-0.25, -0.2) is 0 Å². The van der Waals surface area contributed by atoms with E-state index in [2.05, 4.69) is 10.3 Å². The van der Waals surface area contributed by atoms with Crippen LogP contribution < -0.4 is 5.32 Å². The van der Waals surface area contributed by atoms with Gasteiger partial charge in [0.1, 0.15) is 0 Å². The van der Waals surface area contributed by atoms with E-state index < -0.39 is 0 Å². The van der Waals surface area contributed by atoms with E-state index in [0.29, 0.717) is 24.2 Å². The van der Waals surface area contributed by atoms with Crippen LogP contribution in [-0.2, 0) is 4.79 Å². The number of hydrogen-bond acceptors (Lipinski definition) is 3. The highest BCUT2D eigenvalue weighted by Gasteiger charge is 2.41. The van der Waals surface area contributed by atoms with Crippen LogP contribution >= 0.6 is 0 Å². The summed E-state index contributed by atoms with van der Waals surface area (Å²) in [6.45, 7) is 6.59. The van der Waals surface area contributed by atoms with Crippen molar-refractivity contribution < 1.29 is 9.59 Å². The number of pyridine rings is 1. The lowest BCUT2D eigenvalue weighted by Gasteiger charge is -2.48. The van der Waals surface area contributed by atoms with E-state index in [-0.39, 0.29) is 17.4 Å². The molecule has 1 aromatic carbocycles. The predicted octanol–water partition coefficient (Wildman–Crippen LogP) is 1.89. The normalized spacial score (nSPS) is 16.2. The van der Waals surface area contributed by atoms with Crippen LogP contribution in [0.5, 0.6) is 0 Å². The van der Waals surface area contributed by atoms with Gasteiger partial charge in [-0.3, -0.25) is 14.6 Å². The summed E-state index contributed by atoms with van der Waals surface area (Å²) in [5.74, 6) is -0.108. The monoisotopic (exact) mass is 297 g/mol. The summed E-state index contributed by atoms with van der Waals surface area (Å²) in [7, 11) is 0. The first-order valence-corrected chi connectivity index (χ1v) is 7.32. The Kier molecular flexibility index (Phi) is 3.35. The van der Waals surface area contributed by atoms with Crippen LogP contribution in [0.4, 0.5) is 0 Å². The highest BCUT2D eigenvalue weighted by atomic mass is 16.2. The molecule has 5 heteroatoms. The van der Waals surface area contributed by atoms with Gasteiger partial charge in [0.05, 0.1) is 16.6 Å². The van der Waals surface area contributed by atoms with E-state index in [1.165, 1.54) is 0 Å². The van der Waals surface area contributed by atoms with Gasteiger partial charge in [-0.2, -0.15) is 0 Å². The fraction of sp³-hybridized carbons (Fsp3) is 0.353. The summed E-state index contributed by atoms with van der Waals surface area (Å²) in [5, 5.41) is 4.02. The van der Waals surface area contributed by atoms with Crippen molar-refractivity contribution in [1.82, 2.24) is 15.2 Å². The fourth-order valence-corrected chi connectivity index (χ4v) is 2.94. The van der Waals surface area contributed by atoms with Gasteiger partial charge in [0.15, 0.2) is 0 Å². The number of aryl methyl sites for hydroxylation is 1.